The van der Waals surface area contributed by atoms with Gasteiger partial charge in [-0.25, -0.2) is 14.3 Å². The van der Waals surface area contributed by atoms with E-state index in [-0.39, 0.29) is 5.69 Å². The summed E-state index contributed by atoms with van der Waals surface area (Å²) >= 11 is 0. The minimum Gasteiger partial charge on any atom is -0.443 e. The molecule has 0 aliphatic carbocycles. The number of ether oxygens (including phenoxy) is 1. The van der Waals surface area contributed by atoms with Crippen LogP contribution in [0, 0.1) is 10.1 Å². The van der Waals surface area contributed by atoms with E-state index in [2.05, 4.69) is 16.5 Å². The summed E-state index contributed by atoms with van der Waals surface area (Å²) < 4.78 is 9.22. The van der Waals surface area contributed by atoms with Crippen molar-refractivity contribution in [3.8, 4) is 11.3 Å². The zero-order valence-corrected chi connectivity index (χ0v) is 20.5. The van der Waals surface area contributed by atoms with Gasteiger partial charge in [-0.15, -0.1) is 0 Å². The molecule has 2 heterocycles. The molecule has 2 aromatic heterocycles. The van der Waals surface area contributed by atoms with E-state index in [0.29, 0.717) is 23.3 Å². The van der Waals surface area contributed by atoms with Gasteiger partial charge >= 0.3 is 6.09 Å². The molecule has 4 rings (SSSR count). The number of aryl methyl sites for hydroxylation is 1. The summed E-state index contributed by atoms with van der Waals surface area (Å²) in [4.78, 5) is 29.0. The van der Waals surface area contributed by atoms with Crippen LogP contribution in [0.1, 0.15) is 51.9 Å². The molecule has 0 N–H and O–H groups in total. The molecule has 2 aromatic carbocycles. The molecule has 182 valence electrons. The Hall–Kier alpha value is -3.94. The second-order valence-electron chi connectivity index (χ2n) is 9.59. The molecule has 0 radical (unpaired) electrons. The van der Waals surface area contributed by atoms with E-state index >= 15 is 0 Å². The first-order chi connectivity index (χ1) is 16.7. The number of carbonyl (C=O) groups excluding carboxylic acids is 1. The number of rotatable bonds is 7. The van der Waals surface area contributed by atoms with Crippen molar-refractivity contribution in [1.82, 2.24) is 14.1 Å². The largest absolute Gasteiger partial charge is 0.443 e. The molecule has 0 aliphatic heterocycles. The molecule has 0 aliphatic rings. The van der Waals surface area contributed by atoms with E-state index in [1.54, 1.807) is 39.0 Å². The van der Waals surface area contributed by atoms with Crippen molar-refractivity contribution >= 4 is 22.7 Å². The first kappa shape index (κ1) is 24.2. The highest BCUT2D eigenvalue weighted by Gasteiger charge is 2.26. The molecule has 0 fully saturated rings. The van der Waals surface area contributed by atoms with Crippen LogP contribution >= 0.6 is 0 Å². The number of imidazole rings is 1. The Morgan fingerprint density at radius 3 is 2.63 bits per heavy atom. The first-order valence-electron chi connectivity index (χ1n) is 11.8. The monoisotopic (exact) mass is 474 g/mol. The van der Waals surface area contributed by atoms with E-state index in [1.807, 2.05) is 36.7 Å². The van der Waals surface area contributed by atoms with Gasteiger partial charge in [-0.2, -0.15) is 0 Å². The fourth-order valence-corrected chi connectivity index (χ4v) is 4.16. The van der Waals surface area contributed by atoms with Crippen LogP contribution in [0.5, 0.6) is 0 Å². The number of nitrogens with zero attached hydrogens (tertiary/aromatic N) is 4. The molecule has 0 unspecified atom stereocenters. The van der Waals surface area contributed by atoms with Gasteiger partial charge in [-0.1, -0.05) is 31.5 Å². The summed E-state index contributed by atoms with van der Waals surface area (Å²) in [7, 11) is 0. The molecule has 35 heavy (non-hydrogen) atoms. The Balaban J connectivity index is 1.82. The predicted octanol–water partition coefficient (Wildman–Crippen LogP) is 6.59. The van der Waals surface area contributed by atoms with Crippen molar-refractivity contribution in [2.24, 2.45) is 0 Å². The Bertz CT molecular complexity index is 1380. The fourth-order valence-electron chi connectivity index (χ4n) is 4.16. The van der Waals surface area contributed by atoms with Gasteiger partial charge in [0.25, 0.3) is 5.69 Å². The number of hydrogen-bond acceptors (Lipinski definition) is 5. The molecular weight excluding hydrogens is 444 g/mol. The highest BCUT2D eigenvalue weighted by molar-refractivity contribution is 5.97. The molecule has 0 spiro atoms. The van der Waals surface area contributed by atoms with Gasteiger partial charge in [0.05, 0.1) is 21.7 Å². The minimum atomic E-state index is -0.718. The Kier molecular flexibility index (Phi) is 6.73. The number of nitro groups is 1. The predicted molar refractivity (Wildman–Crippen MR) is 136 cm³/mol. The topological polar surface area (TPSA) is 92.2 Å². The Morgan fingerprint density at radius 1 is 1.14 bits per heavy atom. The average Bonchev–Trinajstić information content (AvgIpc) is 3.40. The number of aromatic nitrogens is 3. The molecule has 0 saturated carbocycles. The van der Waals surface area contributed by atoms with Crippen LogP contribution in [0.4, 0.5) is 10.5 Å². The molecule has 4 aromatic rings. The summed E-state index contributed by atoms with van der Waals surface area (Å²) in [6.07, 6.45) is 6.31. The van der Waals surface area contributed by atoms with Crippen molar-refractivity contribution in [2.75, 3.05) is 0 Å². The van der Waals surface area contributed by atoms with Crippen LogP contribution in [-0.4, -0.2) is 30.7 Å². The zero-order chi connectivity index (χ0) is 25.2. The van der Waals surface area contributed by atoms with Crippen LogP contribution in [0.2, 0.25) is 0 Å². The number of unbranched alkanes of at least 4 members (excludes halogenated alkanes) is 1. The lowest BCUT2D eigenvalue weighted by atomic mass is 10.1. The first-order valence-corrected chi connectivity index (χ1v) is 11.8. The van der Waals surface area contributed by atoms with Gasteiger partial charge in [0.2, 0.25) is 0 Å². The standard InChI is InChI=1S/C27H30N4O4/c1-5-6-11-25-28-14-15-29(25)18-19-12-13-22-20(16-19)17-24(30(22)26(32)35-27(2,3)4)21-9-7-8-10-23(21)31(33)34/h7-10,12-17H,5-6,11,18H2,1-4H3. The smallest absolute Gasteiger partial charge is 0.419 e. The molecule has 0 atom stereocenters. The van der Waals surface area contributed by atoms with Crippen molar-refractivity contribution in [3.05, 3.63) is 82.4 Å². The molecule has 0 saturated heterocycles. The summed E-state index contributed by atoms with van der Waals surface area (Å²) in [6.45, 7) is 8.18. The third-order valence-electron chi connectivity index (χ3n) is 5.73. The van der Waals surface area contributed by atoms with Crippen molar-refractivity contribution in [2.45, 2.75) is 59.1 Å². The number of nitro benzene ring substituents is 1. The normalized spacial score (nSPS) is 11.7. The van der Waals surface area contributed by atoms with Crippen LogP contribution < -0.4 is 0 Å². The van der Waals surface area contributed by atoms with Crippen LogP contribution in [0.3, 0.4) is 0 Å². The highest BCUT2D eigenvalue weighted by atomic mass is 16.6. The molecule has 8 nitrogen and oxygen atoms in total. The van der Waals surface area contributed by atoms with Crippen molar-refractivity contribution in [1.29, 1.82) is 0 Å². The quantitative estimate of drug-likeness (QED) is 0.223. The molecule has 0 bridgehead atoms. The lowest BCUT2D eigenvalue weighted by Gasteiger charge is -2.21. The number of benzene rings is 2. The van der Waals surface area contributed by atoms with Crippen LogP contribution in [-0.2, 0) is 17.7 Å². The Labute approximate surface area is 204 Å². The number of carbonyl (C=O) groups is 1. The Morgan fingerprint density at radius 2 is 1.91 bits per heavy atom. The van der Waals surface area contributed by atoms with Gasteiger partial charge < -0.3 is 9.30 Å². The SMILES string of the molecule is CCCCc1nccn1Cc1ccc2c(c1)cc(-c1ccccc1[N+](=O)[O-])n2C(=O)OC(C)(C)C. The second-order valence-corrected chi connectivity index (χ2v) is 9.59. The number of para-hydroxylation sites is 1. The maximum Gasteiger partial charge on any atom is 0.419 e. The molecule has 0 amide bonds. The fraction of sp³-hybridized carbons (Fsp3) is 0.333. The maximum atomic E-state index is 13.3. The van der Waals surface area contributed by atoms with Gasteiger partial charge in [-0.3, -0.25) is 10.1 Å². The van der Waals surface area contributed by atoms with Crippen molar-refractivity contribution < 1.29 is 14.5 Å². The lowest BCUT2D eigenvalue weighted by molar-refractivity contribution is -0.384. The number of hydrogen-bond donors (Lipinski definition) is 0. The molecule has 8 heteroatoms. The highest BCUT2D eigenvalue weighted by Crippen LogP contribution is 2.35. The van der Waals surface area contributed by atoms with Crippen molar-refractivity contribution in [3.63, 3.8) is 0 Å². The lowest BCUT2D eigenvalue weighted by Crippen LogP contribution is -2.27. The maximum absolute atomic E-state index is 13.3. The van der Waals surface area contributed by atoms with Gasteiger partial charge in [0.1, 0.15) is 11.4 Å². The van der Waals surface area contributed by atoms with E-state index in [1.165, 1.54) is 10.6 Å². The van der Waals surface area contributed by atoms with E-state index < -0.39 is 16.6 Å². The van der Waals surface area contributed by atoms with Gasteiger partial charge in [-0.05, 0) is 57.0 Å². The zero-order valence-electron chi connectivity index (χ0n) is 20.5. The number of fused-ring (bicyclic) bond motifs is 1. The summed E-state index contributed by atoms with van der Waals surface area (Å²) in [6, 6.07) is 14.1. The third-order valence-corrected chi connectivity index (χ3v) is 5.73. The summed E-state index contributed by atoms with van der Waals surface area (Å²) in [5, 5.41) is 12.5. The van der Waals surface area contributed by atoms with E-state index in [0.717, 1.165) is 36.0 Å². The van der Waals surface area contributed by atoms with E-state index in [9.17, 15) is 14.9 Å². The molecular formula is C27H30N4O4. The van der Waals surface area contributed by atoms with E-state index in [4.69, 9.17) is 4.74 Å². The minimum absolute atomic E-state index is 0.0701. The summed E-state index contributed by atoms with van der Waals surface area (Å²) in [5.74, 6) is 1.04. The van der Waals surface area contributed by atoms with Gasteiger partial charge in [0.15, 0.2) is 0 Å². The van der Waals surface area contributed by atoms with Gasteiger partial charge in [0, 0.05) is 36.8 Å². The second kappa shape index (κ2) is 9.74. The average molecular weight is 475 g/mol. The van der Waals surface area contributed by atoms with Crippen LogP contribution in [0.25, 0.3) is 22.2 Å². The van der Waals surface area contributed by atoms with Crippen LogP contribution in [0.15, 0.2) is 60.9 Å². The summed E-state index contributed by atoms with van der Waals surface area (Å²) in [5.41, 5.74) is 1.67. The third kappa shape index (κ3) is 5.26.